The van der Waals surface area contributed by atoms with E-state index in [9.17, 15) is 19.7 Å². The van der Waals surface area contributed by atoms with Crippen LogP contribution < -0.4 is 10.2 Å². The van der Waals surface area contributed by atoms with E-state index in [0.717, 1.165) is 6.08 Å². The van der Waals surface area contributed by atoms with Crippen molar-refractivity contribution in [2.24, 2.45) is 0 Å². The third kappa shape index (κ3) is 4.43. The molecule has 158 valence electrons. The summed E-state index contributed by atoms with van der Waals surface area (Å²) in [6.07, 6.45) is 2.44. The molecule has 1 heterocycles. The van der Waals surface area contributed by atoms with Gasteiger partial charge in [-0.25, -0.2) is 4.79 Å². The molecule has 4 aromatic rings. The number of benzene rings is 3. The second-order valence-electron chi connectivity index (χ2n) is 6.70. The van der Waals surface area contributed by atoms with Gasteiger partial charge in [0.05, 0.1) is 10.3 Å². The molecular weight excluding hydrogens is 434 g/mol. The third-order valence-electron chi connectivity index (χ3n) is 4.56. The van der Waals surface area contributed by atoms with Crippen molar-refractivity contribution >= 4 is 40.3 Å². The molecule has 0 aliphatic heterocycles. The minimum atomic E-state index is -0.839. The van der Waals surface area contributed by atoms with E-state index in [1.54, 1.807) is 54.6 Å². The van der Waals surface area contributed by atoms with Crippen LogP contribution in [0.1, 0.15) is 5.56 Å². The Morgan fingerprint density at radius 2 is 1.78 bits per heavy atom. The van der Waals surface area contributed by atoms with Crippen LogP contribution in [0.3, 0.4) is 0 Å². The highest BCUT2D eigenvalue weighted by molar-refractivity contribution is 6.30. The van der Waals surface area contributed by atoms with Gasteiger partial charge in [-0.05, 0) is 48.0 Å². The van der Waals surface area contributed by atoms with Crippen LogP contribution in [0.4, 0.5) is 5.69 Å². The van der Waals surface area contributed by atoms with Gasteiger partial charge < -0.3 is 9.15 Å². The molecule has 0 bridgehead atoms. The van der Waals surface area contributed by atoms with E-state index in [0.29, 0.717) is 21.7 Å². The first-order chi connectivity index (χ1) is 15.4. The predicted octanol–water partition coefficient (Wildman–Crippen LogP) is 5.64. The SMILES string of the molecule is O=C(/C=C/c1cccc([N+](=O)[O-])c1)Oc1c(-c2ccc(Cl)cc2)oc2ccccc2c1=O. The zero-order valence-electron chi connectivity index (χ0n) is 16.4. The summed E-state index contributed by atoms with van der Waals surface area (Å²) >= 11 is 5.95. The van der Waals surface area contributed by atoms with E-state index in [4.69, 9.17) is 20.8 Å². The number of esters is 1. The van der Waals surface area contributed by atoms with Gasteiger partial charge >= 0.3 is 5.97 Å². The van der Waals surface area contributed by atoms with Crippen molar-refractivity contribution in [2.45, 2.75) is 0 Å². The summed E-state index contributed by atoms with van der Waals surface area (Å²) in [5.41, 5.74) is 0.659. The molecule has 0 aliphatic carbocycles. The van der Waals surface area contributed by atoms with Crippen molar-refractivity contribution in [1.29, 1.82) is 0 Å². The molecule has 4 rings (SSSR count). The molecule has 7 nitrogen and oxygen atoms in total. The first-order valence-electron chi connectivity index (χ1n) is 9.38. The summed E-state index contributed by atoms with van der Waals surface area (Å²) in [7, 11) is 0. The van der Waals surface area contributed by atoms with Gasteiger partial charge in [0.25, 0.3) is 5.69 Å². The maximum Gasteiger partial charge on any atom is 0.336 e. The van der Waals surface area contributed by atoms with Crippen LogP contribution in [0.15, 0.2) is 88.1 Å². The Balaban J connectivity index is 1.72. The molecule has 0 aliphatic rings. The Morgan fingerprint density at radius 3 is 2.53 bits per heavy atom. The number of halogens is 1. The van der Waals surface area contributed by atoms with Crippen LogP contribution in [0, 0.1) is 10.1 Å². The molecule has 1 aromatic heterocycles. The average molecular weight is 448 g/mol. The predicted molar refractivity (Wildman–Crippen MR) is 121 cm³/mol. The number of nitro benzene ring substituents is 1. The van der Waals surface area contributed by atoms with Crippen molar-refractivity contribution < 1.29 is 18.9 Å². The summed E-state index contributed by atoms with van der Waals surface area (Å²) < 4.78 is 11.3. The lowest BCUT2D eigenvalue weighted by atomic mass is 10.1. The highest BCUT2D eigenvalue weighted by Crippen LogP contribution is 2.31. The number of non-ortho nitro benzene ring substituents is 1. The fourth-order valence-corrected chi connectivity index (χ4v) is 3.18. The van der Waals surface area contributed by atoms with Gasteiger partial charge in [0.15, 0.2) is 5.76 Å². The number of nitrogens with zero attached hydrogens (tertiary/aromatic N) is 1. The van der Waals surface area contributed by atoms with Gasteiger partial charge in [0, 0.05) is 28.8 Å². The van der Waals surface area contributed by atoms with Crippen molar-refractivity contribution in [1.82, 2.24) is 0 Å². The number of carbonyl (C=O) groups excluding carboxylic acids is 1. The Morgan fingerprint density at radius 1 is 1.03 bits per heavy atom. The molecule has 0 fully saturated rings. The lowest BCUT2D eigenvalue weighted by molar-refractivity contribution is -0.384. The Kier molecular flexibility index (Phi) is 5.83. The quantitative estimate of drug-likeness (QED) is 0.170. The Hall–Kier alpha value is -4.23. The van der Waals surface area contributed by atoms with Crippen LogP contribution >= 0.6 is 11.6 Å². The molecular formula is C24H14ClNO6. The van der Waals surface area contributed by atoms with Crippen LogP contribution in [-0.2, 0) is 4.79 Å². The summed E-state index contributed by atoms with van der Waals surface area (Å²) in [5, 5.41) is 11.7. The van der Waals surface area contributed by atoms with Gasteiger partial charge in [0.2, 0.25) is 11.2 Å². The van der Waals surface area contributed by atoms with Crippen molar-refractivity contribution in [3.05, 3.63) is 110 Å². The van der Waals surface area contributed by atoms with E-state index in [1.165, 1.54) is 24.3 Å². The number of hydrogen-bond donors (Lipinski definition) is 0. The van der Waals surface area contributed by atoms with Crippen LogP contribution in [0.25, 0.3) is 28.4 Å². The summed E-state index contributed by atoms with van der Waals surface area (Å²) in [6.45, 7) is 0. The number of nitro groups is 1. The number of ether oxygens (including phenoxy) is 1. The monoisotopic (exact) mass is 447 g/mol. The minimum absolute atomic E-state index is 0.0856. The summed E-state index contributed by atoms with van der Waals surface area (Å²) in [5.74, 6) is -1.02. The molecule has 8 heteroatoms. The zero-order valence-corrected chi connectivity index (χ0v) is 17.1. The fourth-order valence-electron chi connectivity index (χ4n) is 3.05. The number of rotatable bonds is 5. The molecule has 0 N–H and O–H groups in total. The van der Waals surface area contributed by atoms with Crippen LogP contribution in [-0.4, -0.2) is 10.9 Å². The Labute approximate surface area is 186 Å². The second kappa shape index (κ2) is 8.87. The van der Waals surface area contributed by atoms with E-state index in [-0.39, 0.29) is 22.6 Å². The largest absolute Gasteiger partial charge is 0.452 e. The van der Waals surface area contributed by atoms with E-state index < -0.39 is 16.3 Å². The van der Waals surface area contributed by atoms with E-state index >= 15 is 0 Å². The lowest BCUT2D eigenvalue weighted by Gasteiger charge is -2.09. The number of para-hydroxylation sites is 1. The van der Waals surface area contributed by atoms with Crippen molar-refractivity contribution in [3.8, 4) is 17.1 Å². The molecule has 32 heavy (non-hydrogen) atoms. The Bertz CT molecular complexity index is 1420. The highest BCUT2D eigenvalue weighted by atomic mass is 35.5. The number of hydrogen-bond acceptors (Lipinski definition) is 6. The number of fused-ring (bicyclic) bond motifs is 1. The van der Waals surface area contributed by atoms with E-state index in [2.05, 4.69) is 0 Å². The molecule has 0 spiro atoms. The first kappa shape index (κ1) is 21.0. The van der Waals surface area contributed by atoms with Crippen molar-refractivity contribution in [3.63, 3.8) is 0 Å². The maximum absolute atomic E-state index is 13.1. The second-order valence-corrected chi connectivity index (χ2v) is 7.14. The molecule has 0 atom stereocenters. The van der Waals surface area contributed by atoms with Gasteiger partial charge in [-0.1, -0.05) is 35.9 Å². The normalized spacial score (nSPS) is 11.0. The van der Waals surface area contributed by atoms with Gasteiger partial charge in [-0.2, -0.15) is 0 Å². The van der Waals surface area contributed by atoms with Gasteiger partial charge in [-0.3, -0.25) is 14.9 Å². The topological polar surface area (TPSA) is 99.7 Å². The molecule has 3 aromatic carbocycles. The van der Waals surface area contributed by atoms with Crippen molar-refractivity contribution in [2.75, 3.05) is 0 Å². The molecule has 0 amide bonds. The lowest BCUT2D eigenvalue weighted by Crippen LogP contribution is -2.14. The molecule has 0 saturated heterocycles. The van der Waals surface area contributed by atoms with Gasteiger partial charge in [-0.15, -0.1) is 0 Å². The zero-order chi connectivity index (χ0) is 22.7. The molecule has 0 radical (unpaired) electrons. The minimum Gasteiger partial charge on any atom is -0.452 e. The van der Waals surface area contributed by atoms with Crippen LogP contribution in [0.5, 0.6) is 5.75 Å². The summed E-state index contributed by atoms with van der Waals surface area (Å²) in [4.78, 5) is 35.9. The molecule has 0 unspecified atom stereocenters. The van der Waals surface area contributed by atoms with Gasteiger partial charge in [0.1, 0.15) is 5.58 Å². The summed E-state index contributed by atoms with van der Waals surface area (Å²) in [6, 6.07) is 18.9. The maximum atomic E-state index is 13.1. The number of carbonyl (C=O) groups is 1. The highest BCUT2D eigenvalue weighted by Gasteiger charge is 2.19. The average Bonchev–Trinajstić information content (AvgIpc) is 2.80. The molecule has 0 saturated carbocycles. The third-order valence-corrected chi connectivity index (χ3v) is 4.81. The van der Waals surface area contributed by atoms with E-state index in [1.807, 2.05) is 0 Å². The smallest absolute Gasteiger partial charge is 0.336 e. The fraction of sp³-hybridized carbons (Fsp3) is 0. The first-order valence-corrected chi connectivity index (χ1v) is 9.76. The standard InChI is InChI=1S/C24H14ClNO6/c25-17-11-9-16(10-12-17)23-24(22(28)19-6-1-2-7-20(19)31-23)32-21(27)13-8-15-4-3-5-18(14-15)26(29)30/h1-14H/b13-8+. The van der Waals surface area contributed by atoms with Crippen LogP contribution in [0.2, 0.25) is 5.02 Å².